The molecule has 27 heavy (non-hydrogen) atoms. The third kappa shape index (κ3) is 4.67. The van der Waals surface area contributed by atoms with Crippen molar-refractivity contribution in [2.24, 2.45) is 0 Å². The van der Waals surface area contributed by atoms with Crippen LogP contribution in [0.1, 0.15) is 5.56 Å². The fourth-order valence-electron chi connectivity index (χ4n) is 2.86. The SMILES string of the molecule is COc1cccc(OC)c1OCC(O)CNC(=O)C1Cc2ccccc2S1. The predicted molar refractivity (Wildman–Crippen MR) is 104 cm³/mol. The van der Waals surface area contributed by atoms with Crippen molar-refractivity contribution in [1.29, 1.82) is 0 Å². The van der Waals surface area contributed by atoms with E-state index >= 15 is 0 Å². The normalized spacial score (nSPS) is 16.3. The summed E-state index contributed by atoms with van der Waals surface area (Å²) >= 11 is 1.56. The summed E-state index contributed by atoms with van der Waals surface area (Å²) in [6.45, 7) is 0.124. The third-order valence-corrected chi connectivity index (χ3v) is 5.57. The van der Waals surface area contributed by atoms with Crippen LogP contribution in [-0.2, 0) is 11.2 Å². The average Bonchev–Trinajstić information content (AvgIpc) is 3.14. The van der Waals surface area contributed by atoms with Crippen LogP contribution in [0.15, 0.2) is 47.4 Å². The van der Waals surface area contributed by atoms with Crippen molar-refractivity contribution in [3.63, 3.8) is 0 Å². The summed E-state index contributed by atoms with van der Waals surface area (Å²) in [4.78, 5) is 13.5. The lowest BCUT2D eigenvalue weighted by Crippen LogP contribution is -2.39. The van der Waals surface area contributed by atoms with E-state index in [1.165, 1.54) is 19.8 Å². The van der Waals surface area contributed by atoms with Crippen LogP contribution in [0.5, 0.6) is 17.2 Å². The Morgan fingerprint density at radius 3 is 2.56 bits per heavy atom. The van der Waals surface area contributed by atoms with Gasteiger partial charge in [-0.05, 0) is 30.2 Å². The maximum atomic E-state index is 12.4. The molecule has 2 unspecified atom stereocenters. The number of thioether (sulfide) groups is 1. The number of aliphatic hydroxyl groups excluding tert-OH is 1. The number of ether oxygens (including phenoxy) is 3. The molecule has 0 saturated heterocycles. The Labute approximate surface area is 162 Å². The molecule has 144 valence electrons. The second kappa shape index (κ2) is 9.01. The lowest BCUT2D eigenvalue weighted by atomic mass is 10.1. The lowest BCUT2D eigenvalue weighted by molar-refractivity contribution is -0.121. The highest BCUT2D eigenvalue weighted by Gasteiger charge is 2.28. The molecule has 0 bridgehead atoms. The van der Waals surface area contributed by atoms with Crippen LogP contribution in [0.4, 0.5) is 0 Å². The first-order chi connectivity index (χ1) is 13.1. The van der Waals surface area contributed by atoms with Gasteiger partial charge >= 0.3 is 0 Å². The molecule has 2 aromatic rings. The standard InChI is InChI=1S/C20H23NO5S/c1-24-15-7-5-8-16(25-2)19(15)26-12-14(22)11-21-20(23)18-10-13-6-3-4-9-17(13)27-18/h3-9,14,18,22H,10-12H2,1-2H3,(H,21,23). The minimum Gasteiger partial charge on any atom is -0.493 e. The Morgan fingerprint density at radius 2 is 1.89 bits per heavy atom. The second-order valence-electron chi connectivity index (χ2n) is 6.12. The topological polar surface area (TPSA) is 77.0 Å². The van der Waals surface area contributed by atoms with Crippen LogP contribution in [0.3, 0.4) is 0 Å². The first kappa shape index (κ1) is 19.4. The van der Waals surface area contributed by atoms with Gasteiger partial charge in [-0.25, -0.2) is 0 Å². The Morgan fingerprint density at radius 1 is 1.19 bits per heavy atom. The van der Waals surface area contributed by atoms with Crippen molar-refractivity contribution in [2.45, 2.75) is 22.7 Å². The summed E-state index contributed by atoms with van der Waals surface area (Å²) in [7, 11) is 3.07. The number of rotatable bonds is 8. The van der Waals surface area contributed by atoms with Gasteiger partial charge in [0.05, 0.1) is 19.5 Å². The molecule has 2 aromatic carbocycles. The number of nitrogens with one attached hydrogen (secondary N) is 1. The highest BCUT2D eigenvalue weighted by molar-refractivity contribution is 8.01. The van der Waals surface area contributed by atoms with Gasteiger partial charge in [0.1, 0.15) is 12.7 Å². The zero-order valence-electron chi connectivity index (χ0n) is 15.3. The van der Waals surface area contributed by atoms with E-state index in [9.17, 15) is 9.90 Å². The molecule has 0 fully saturated rings. The van der Waals surface area contributed by atoms with Crippen LogP contribution in [0.25, 0.3) is 0 Å². The van der Waals surface area contributed by atoms with Gasteiger partial charge in [-0.2, -0.15) is 0 Å². The Balaban J connectivity index is 1.48. The summed E-state index contributed by atoms with van der Waals surface area (Å²) in [5, 5.41) is 12.8. The number of methoxy groups -OCH3 is 2. The van der Waals surface area contributed by atoms with E-state index < -0.39 is 6.10 Å². The van der Waals surface area contributed by atoms with Gasteiger partial charge in [-0.1, -0.05) is 24.3 Å². The van der Waals surface area contributed by atoms with Gasteiger partial charge in [0.25, 0.3) is 0 Å². The highest BCUT2D eigenvalue weighted by Crippen LogP contribution is 2.37. The summed E-state index contributed by atoms with van der Waals surface area (Å²) in [6.07, 6.45) is -0.144. The maximum absolute atomic E-state index is 12.4. The zero-order chi connectivity index (χ0) is 19.2. The first-order valence-corrected chi connectivity index (χ1v) is 9.54. The first-order valence-electron chi connectivity index (χ1n) is 8.66. The van der Waals surface area contributed by atoms with Gasteiger partial charge in [0.15, 0.2) is 11.5 Å². The van der Waals surface area contributed by atoms with E-state index in [0.29, 0.717) is 23.7 Å². The minimum atomic E-state index is -0.850. The number of amides is 1. The van der Waals surface area contributed by atoms with E-state index in [1.54, 1.807) is 30.0 Å². The monoisotopic (exact) mass is 389 g/mol. The summed E-state index contributed by atoms with van der Waals surface area (Å²) < 4.78 is 16.2. The molecular weight excluding hydrogens is 366 g/mol. The third-order valence-electron chi connectivity index (χ3n) is 4.25. The fraction of sp³-hybridized carbons (Fsp3) is 0.350. The Hall–Kier alpha value is -2.38. The number of para-hydroxylation sites is 1. The maximum Gasteiger partial charge on any atom is 0.233 e. The number of benzene rings is 2. The molecule has 2 atom stereocenters. The zero-order valence-corrected chi connectivity index (χ0v) is 16.1. The average molecular weight is 389 g/mol. The molecule has 1 heterocycles. The number of fused-ring (bicyclic) bond motifs is 1. The predicted octanol–water partition coefficient (Wildman–Crippen LogP) is 2.28. The van der Waals surface area contributed by atoms with Gasteiger partial charge in [-0.15, -0.1) is 11.8 Å². The molecule has 1 amide bonds. The molecule has 7 heteroatoms. The van der Waals surface area contributed by atoms with Crippen molar-refractivity contribution in [1.82, 2.24) is 5.32 Å². The highest BCUT2D eigenvalue weighted by atomic mass is 32.2. The van der Waals surface area contributed by atoms with Crippen molar-refractivity contribution >= 4 is 17.7 Å². The van der Waals surface area contributed by atoms with E-state index in [4.69, 9.17) is 14.2 Å². The molecule has 1 aliphatic heterocycles. The minimum absolute atomic E-state index is 0.00898. The van der Waals surface area contributed by atoms with Crippen molar-refractivity contribution < 1.29 is 24.1 Å². The van der Waals surface area contributed by atoms with E-state index in [2.05, 4.69) is 5.32 Å². The van der Waals surface area contributed by atoms with E-state index in [-0.39, 0.29) is 24.3 Å². The van der Waals surface area contributed by atoms with Gasteiger partial charge in [-0.3, -0.25) is 4.79 Å². The lowest BCUT2D eigenvalue weighted by Gasteiger charge is -2.17. The number of carbonyl (C=O) groups excluding carboxylic acids is 1. The quantitative estimate of drug-likeness (QED) is 0.721. The molecule has 2 N–H and O–H groups in total. The molecule has 3 rings (SSSR count). The van der Waals surface area contributed by atoms with Crippen molar-refractivity contribution in [3.05, 3.63) is 48.0 Å². The molecule has 1 aliphatic rings. The number of hydrogen-bond donors (Lipinski definition) is 2. The van der Waals surface area contributed by atoms with Crippen LogP contribution >= 0.6 is 11.8 Å². The van der Waals surface area contributed by atoms with Gasteiger partial charge in [0, 0.05) is 11.4 Å². The van der Waals surface area contributed by atoms with Crippen LogP contribution in [0, 0.1) is 0 Å². The smallest absolute Gasteiger partial charge is 0.233 e. The summed E-state index contributed by atoms with van der Waals surface area (Å²) in [6, 6.07) is 13.3. The Kier molecular flexibility index (Phi) is 6.47. The van der Waals surface area contributed by atoms with Crippen molar-refractivity contribution in [3.8, 4) is 17.2 Å². The van der Waals surface area contributed by atoms with Crippen LogP contribution < -0.4 is 19.5 Å². The second-order valence-corrected chi connectivity index (χ2v) is 7.36. The molecule has 6 nitrogen and oxygen atoms in total. The largest absolute Gasteiger partial charge is 0.493 e. The van der Waals surface area contributed by atoms with Crippen molar-refractivity contribution in [2.75, 3.05) is 27.4 Å². The molecule has 0 saturated carbocycles. The van der Waals surface area contributed by atoms with E-state index in [1.807, 2.05) is 24.3 Å². The van der Waals surface area contributed by atoms with Crippen LogP contribution in [0.2, 0.25) is 0 Å². The molecule has 0 aliphatic carbocycles. The molecule has 0 spiro atoms. The fourth-order valence-corrected chi connectivity index (χ4v) is 4.08. The van der Waals surface area contributed by atoms with Crippen LogP contribution in [-0.4, -0.2) is 49.7 Å². The summed E-state index contributed by atoms with van der Waals surface area (Å²) in [5.41, 5.74) is 1.19. The van der Waals surface area contributed by atoms with Gasteiger partial charge in [0.2, 0.25) is 11.7 Å². The number of carbonyl (C=O) groups is 1. The van der Waals surface area contributed by atoms with E-state index in [0.717, 1.165) is 4.90 Å². The molecule has 0 radical (unpaired) electrons. The molecular formula is C20H23NO5S. The number of aliphatic hydroxyl groups is 1. The van der Waals surface area contributed by atoms with Gasteiger partial charge < -0.3 is 24.6 Å². The number of hydrogen-bond acceptors (Lipinski definition) is 6. The molecule has 0 aromatic heterocycles. The Bertz CT molecular complexity index is 750. The summed E-state index contributed by atoms with van der Waals surface area (Å²) in [5.74, 6) is 1.39.